The van der Waals surface area contributed by atoms with Crippen molar-refractivity contribution in [3.8, 4) is 0 Å². The third kappa shape index (κ3) is 5.51. The lowest BCUT2D eigenvalue weighted by atomic mass is 9.85. The van der Waals surface area contributed by atoms with E-state index < -0.39 is 23.6 Å². The maximum absolute atomic E-state index is 13.0. The highest BCUT2D eigenvalue weighted by molar-refractivity contribution is 6.06. The standard InChI is InChI=1S/C25H34N4O5/c1-25(2,3)34-24(33)26-13-15-6-4-7-16(12-15)27-19-9-5-8-17-18(19)14-29(23(17)32)20-10-11-21(30)28-22(20)31/h5,8-9,15-16,20,27H,4,6-7,10-14H2,1-3H3,(H,26,33)(H,28,30,31). The molecule has 2 fully saturated rings. The van der Waals surface area contributed by atoms with Crippen LogP contribution in [0.3, 0.4) is 0 Å². The van der Waals surface area contributed by atoms with Gasteiger partial charge in [0.25, 0.3) is 5.91 Å². The third-order valence-corrected chi connectivity index (χ3v) is 6.66. The van der Waals surface area contributed by atoms with Crippen LogP contribution in [-0.2, 0) is 20.9 Å². The number of anilines is 1. The zero-order valence-electron chi connectivity index (χ0n) is 20.1. The van der Waals surface area contributed by atoms with Crippen molar-refractivity contribution < 1.29 is 23.9 Å². The second kappa shape index (κ2) is 9.64. The Morgan fingerprint density at radius 3 is 2.71 bits per heavy atom. The smallest absolute Gasteiger partial charge is 0.407 e. The minimum atomic E-state index is -0.622. The molecule has 4 rings (SSSR count). The van der Waals surface area contributed by atoms with Gasteiger partial charge in [0.05, 0.1) is 0 Å². The van der Waals surface area contributed by atoms with Crippen molar-refractivity contribution >= 4 is 29.5 Å². The lowest BCUT2D eigenvalue weighted by molar-refractivity contribution is -0.136. The fourth-order valence-electron chi connectivity index (χ4n) is 5.09. The number of rotatable bonds is 5. The summed E-state index contributed by atoms with van der Waals surface area (Å²) in [4.78, 5) is 50.5. The fourth-order valence-corrected chi connectivity index (χ4v) is 5.09. The number of hydrogen-bond acceptors (Lipinski definition) is 6. The number of hydrogen-bond donors (Lipinski definition) is 3. The molecule has 1 aliphatic carbocycles. The summed E-state index contributed by atoms with van der Waals surface area (Å²) in [6.45, 7) is 6.45. The van der Waals surface area contributed by atoms with Crippen molar-refractivity contribution in [2.75, 3.05) is 11.9 Å². The molecule has 0 bridgehead atoms. The second-order valence-corrected chi connectivity index (χ2v) is 10.5. The number of fused-ring (bicyclic) bond motifs is 1. The van der Waals surface area contributed by atoms with Crippen LogP contribution < -0.4 is 16.0 Å². The van der Waals surface area contributed by atoms with Crippen molar-refractivity contribution in [2.45, 2.75) is 83.5 Å². The lowest BCUT2D eigenvalue weighted by Crippen LogP contribution is -2.52. The SMILES string of the molecule is CC(C)(C)OC(=O)NCC1CCCC(Nc2cccc3c2CN(C2CCC(=O)NC2=O)C3=O)C1. The van der Waals surface area contributed by atoms with Gasteiger partial charge in [0.1, 0.15) is 11.6 Å². The maximum Gasteiger partial charge on any atom is 0.407 e. The van der Waals surface area contributed by atoms with Crippen LogP contribution in [0.25, 0.3) is 0 Å². The molecule has 2 heterocycles. The van der Waals surface area contributed by atoms with Gasteiger partial charge >= 0.3 is 6.09 Å². The highest BCUT2D eigenvalue weighted by Crippen LogP contribution is 2.34. The molecule has 3 unspecified atom stereocenters. The van der Waals surface area contributed by atoms with E-state index >= 15 is 0 Å². The Hall–Kier alpha value is -3.10. The summed E-state index contributed by atoms with van der Waals surface area (Å²) in [5.74, 6) is -0.520. The number of carbonyl (C=O) groups excluding carboxylic acids is 4. The van der Waals surface area contributed by atoms with Crippen molar-refractivity contribution in [1.29, 1.82) is 0 Å². The minimum Gasteiger partial charge on any atom is -0.444 e. The summed E-state index contributed by atoms with van der Waals surface area (Å²) in [5.41, 5.74) is 1.89. The zero-order chi connectivity index (χ0) is 24.5. The molecule has 1 aromatic rings. The van der Waals surface area contributed by atoms with Gasteiger partial charge in [-0.25, -0.2) is 4.79 Å². The van der Waals surface area contributed by atoms with Gasteiger partial charge in [-0.1, -0.05) is 12.5 Å². The van der Waals surface area contributed by atoms with Crippen molar-refractivity contribution in [2.24, 2.45) is 5.92 Å². The van der Waals surface area contributed by atoms with Gasteiger partial charge in [-0.2, -0.15) is 0 Å². The summed E-state index contributed by atoms with van der Waals surface area (Å²) in [6, 6.07) is 5.23. The van der Waals surface area contributed by atoms with Crippen LogP contribution in [-0.4, -0.2) is 52.9 Å². The van der Waals surface area contributed by atoms with Crippen LogP contribution in [0.4, 0.5) is 10.5 Å². The van der Waals surface area contributed by atoms with Crippen LogP contribution in [0.5, 0.6) is 0 Å². The van der Waals surface area contributed by atoms with E-state index in [1.165, 1.54) is 0 Å². The molecule has 3 aliphatic rings. The van der Waals surface area contributed by atoms with Gasteiger partial charge in [0.15, 0.2) is 0 Å². The lowest BCUT2D eigenvalue weighted by Gasteiger charge is -2.31. The van der Waals surface area contributed by atoms with E-state index in [4.69, 9.17) is 4.74 Å². The number of amides is 4. The number of alkyl carbamates (subject to hydrolysis) is 1. The predicted molar refractivity (Wildman–Crippen MR) is 126 cm³/mol. The average molecular weight is 471 g/mol. The Balaban J connectivity index is 1.38. The number of nitrogens with one attached hydrogen (secondary N) is 3. The van der Waals surface area contributed by atoms with E-state index in [1.54, 1.807) is 11.0 Å². The van der Waals surface area contributed by atoms with Gasteiger partial charge in [-0.15, -0.1) is 0 Å². The number of piperidine rings is 1. The number of carbonyl (C=O) groups is 4. The molecule has 34 heavy (non-hydrogen) atoms. The first kappa shape index (κ1) is 24.0. The van der Waals surface area contributed by atoms with Crippen molar-refractivity contribution in [1.82, 2.24) is 15.5 Å². The van der Waals surface area contributed by atoms with Crippen LogP contribution >= 0.6 is 0 Å². The van der Waals surface area contributed by atoms with E-state index in [1.807, 2.05) is 32.9 Å². The van der Waals surface area contributed by atoms with E-state index in [-0.39, 0.29) is 24.3 Å². The normalized spacial score (nSPS) is 25.0. The van der Waals surface area contributed by atoms with Crippen LogP contribution in [0.15, 0.2) is 18.2 Å². The Labute approximate surface area is 200 Å². The molecule has 3 atom stereocenters. The van der Waals surface area contributed by atoms with Crippen LogP contribution in [0.1, 0.15) is 75.2 Å². The molecule has 3 N–H and O–H groups in total. The molecule has 2 aliphatic heterocycles. The van der Waals surface area contributed by atoms with Crippen LogP contribution in [0, 0.1) is 5.92 Å². The van der Waals surface area contributed by atoms with E-state index in [0.717, 1.165) is 36.9 Å². The molecule has 184 valence electrons. The number of nitrogens with zero attached hydrogens (tertiary/aromatic N) is 1. The molecule has 1 aromatic carbocycles. The molecular weight excluding hydrogens is 436 g/mol. The van der Waals surface area contributed by atoms with E-state index in [0.29, 0.717) is 31.0 Å². The van der Waals surface area contributed by atoms with Crippen LogP contribution in [0.2, 0.25) is 0 Å². The Bertz CT molecular complexity index is 986. The molecule has 9 heteroatoms. The average Bonchev–Trinajstić information content (AvgIpc) is 3.09. The summed E-state index contributed by atoms with van der Waals surface area (Å²) in [5, 5.41) is 8.85. The highest BCUT2D eigenvalue weighted by Gasteiger charge is 2.40. The van der Waals surface area contributed by atoms with E-state index in [9.17, 15) is 19.2 Å². The van der Waals surface area contributed by atoms with Gasteiger partial charge in [-0.3, -0.25) is 19.7 Å². The molecule has 0 radical (unpaired) electrons. The summed E-state index contributed by atoms with van der Waals surface area (Å²) >= 11 is 0. The van der Waals surface area contributed by atoms with Gasteiger partial charge in [-0.05, 0) is 64.5 Å². The molecule has 9 nitrogen and oxygen atoms in total. The quantitative estimate of drug-likeness (QED) is 0.570. The summed E-state index contributed by atoms with van der Waals surface area (Å²) in [6.07, 6.45) is 4.21. The Kier molecular flexibility index (Phi) is 6.81. The minimum absolute atomic E-state index is 0.170. The topological polar surface area (TPSA) is 117 Å². The predicted octanol–water partition coefficient (Wildman–Crippen LogP) is 2.94. The Morgan fingerprint density at radius 1 is 1.18 bits per heavy atom. The largest absolute Gasteiger partial charge is 0.444 e. The molecule has 4 amide bonds. The van der Waals surface area contributed by atoms with Gasteiger partial charge in [0, 0.05) is 42.4 Å². The first-order chi connectivity index (χ1) is 16.1. The molecule has 1 saturated heterocycles. The Morgan fingerprint density at radius 2 is 1.97 bits per heavy atom. The number of benzene rings is 1. The zero-order valence-corrected chi connectivity index (χ0v) is 20.1. The van der Waals surface area contributed by atoms with E-state index in [2.05, 4.69) is 16.0 Å². The van der Waals surface area contributed by atoms with Crippen molar-refractivity contribution in [3.63, 3.8) is 0 Å². The van der Waals surface area contributed by atoms with Gasteiger partial charge in [0.2, 0.25) is 11.8 Å². The molecule has 0 spiro atoms. The first-order valence-corrected chi connectivity index (χ1v) is 12.1. The molecular formula is C25H34N4O5. The first-order valence-electron chi connectivity index (χ1n) is 12.1. The number of ether oxygens (including phenoxy) is 1. The van der Waals surface area contributed by atoms with Crippen molar-refractivity contribution in [3.05, 3.63) is 29.3 Å². The van der Waals surface area contributed by atoms with Gasteiger partial charge < -0.3 is 20.3 Å². The third-order valence-electron chi connectivity index (χ3n) is 6.66. The maximum atomic E-state index is 13.0. The highest BCUT2D eigenvalue weighted by atomic mass is 16.6. The summed E-state index contributed by atoms with van der Waals surface area (Å²) in [7, 11) is 0. The number of imide groups is 1. The fraction of sp³-hybridized carbons (Fsp3) is 0.600. The monoisotopic (exact) mass is 470 g/mol. The second-order valence-electron chi connectivity index (χ2n) is 10.5. The summed E-state index contributed by atoms with van der Waals surface area (Å²) < 4.78 is 5.34. The molecule has 0 aromatic heterocycles. The molecule has 1 saturated carbocycles.